The zero-order chi connectivity index (χ0) is 27.3. The molecule has 1 aromatic heterocycles. The third-order valence-corrected chi connectivity index (χ3v) is 7.31. The number of pyridine rings is 1. The van der Waals surface area contributed by atoms with Crippen LogP contribution in [0.25, 0.3) is 0 Å². The summed E-state index contributed by atoms with van der Waals surface area (Å²) in [6.45, 7) is 10.7. The number of nitrogens with zero attached hydrogens (tertiary/aromatic N) is 4. The van der Waals surface area contributed by atoms with Crippen LogP contribution in [0.1, 0.15) is 26.3 Å². The second-order valence-electron chi connectivity index (χ2n) is 9.85. The first-order chi connectivity index (χ1) is 17.5. The van der Waals surface area contributed by atoms with E-state index in [1.165, 1.54) is 4.90 Å². The van der Waals surface area contributed by atoms with Crippen molar-refractivity contribution in [2.24, 2.45) is 11.3 Å². The molecule has 10 nitrogen and oxygen atoms in total. The molecule has 0 spiro atoms. The van der Waals surface area contributed by atoms with Crippen LogP contribution >= 0.6 is 0 Å². The summed E-state index contributed by atoms with van der Waals surface area (Å²) in [6, 6.07) is 5.61. The fraction of sp³-hybridized carbons (Fsp3) is 0.519. The lowest BCUT2D eigenvalue weighted by atomic mass is 9.72. The van der Waals surface area contributed by atoms with Gasteiger partial charge in [-0.2, -0.15) is 5.26 Å². The van der Waals surface area contributed by atoms with Crippen molar-refractivity contribution in [3.63, 3.8) is 0 Å². The maximum absolute atomic E-state index is 12.5. The number of anilines is 1. The highest BCUT2D eigenvalue weighted by atomic mass is 16.5. The molecule has 2 saturated heterocycles. The molecule has 1 amide bonds. The number of likely N-dealkylation sites (tertiary alicyclic amines) is 1. The van der Waals surface area contributed by atoms with Crippen molar-refractivity contribution in [2.45, 2.75) is 39.1 Å². The van der Waals surface area contributed by atoms with Crippen molar-refractivity contribution in [3.05, 3.63) is 59.7 Å². The molecule has 10 heteroatoms. The number of aromatic nitrogens is 1. The van der Waals surface area contributed by atoms with Gasteiger partial charge in [0.15, 0.2) is 11.9 Å². The lowest BCUT2D eigenvalue weighted by Crippen LogP contribution is -2.52. The first kappa shape index (κ1) is 28.2. The third kappa shape index (κ3) is 6.13. The molecule has 0 bridgehead atoms. The van der Waals surface area contributed by atoms with Gasteiger partial charge in [0.25, 0.3) is 5.91 Å². The van der Waals surface area contributed by atoms with Gasteiger partial charge in [-0.05, 0) is 37.6 Å². The minimum absolute atomic E-state index is 0.0370. The van der Waals surface area contributed by atoms with E-state index in [1.807, 2.05) is 19.9 Å². The molecule has 2 aliphatic heterocycles. The number of allylic oxidation sites excluding steroid dienone is 3. The van der Waals surface area contributed by atoms with Crippen molar-refractivity contribution >= 4 is 11.7 Å². The lowest BCUT2D eigenvalue weighted by molar-refractivity contribution is -0.141. The number of rotatable bonds is 10. The van der Waals surface area contributed by atoms with Gasteiger partial charge in [-0.15, -0.1) is 0 Å². The fourth-order valence-corrected chi connectivity index (χ4v) is 4.71. The molecule has 0 aliphatic carbocycles. The van der Waals surface area contributed by atoms with Crippen LogP contribution in [-0.2, 0) is 14.3 Å². The smallest absolute Gasteiger partial charge is 0.253 e. The minimum Gasteiger partial charge on any atom is -0.493 e. The second-order valence-corrected chi connectivity index (χ2v) is 9.85. The summed E-state index contributed by atoms with van der Waals surface area (Å²) in [6.07, 6.45) is 2.84. The monoisotopic (exact) mass is 512 g/mol. The Labute approximate surface area is 217 Å². The Hall–Kier alpha value is -3.39. The summed E-state index contributed by atoms with van der Waals surface area (Å²) in [5.74, 6) is 1.09. The number of carbonyl (C=O) groups is 1. The second kappa shape index (κ2) is 11.8. The van der Waals surface area contributed by atoms with Crippen molar-refractivity contribution in [2.75, 3.05) is 44.8 Å². The van der Waals surface area contributed by atoms with E-state index in [0.717, 1.165) is 5.82 Å². The summed E-state index contributed by atoms with van der Waals surface area (Å²) in [5, 5.41) is 38.4. The largest absolute Gasteiger partial charge is 0.493 e. The number of amides is 1. The number of hydrogen-bond donors (Lipinski definition) is 3. The van der Waals surface area contributed by atoms with Crippen LogP contribution in [0.2, 0.25) is 0 Å². The van der Waals surface area contributed by atoms with Gasteiger partial charge in [0.05, 0.1) is 38.5 Å². The van der Waals surface area contributed by atoms with Crippen LogP contribution < -0.4 is 4.90 Å². The summed E-state index contributed by atoms with van der Waals surface area (Å²) in [5.41, 5.74) is 0.535. The highest BCUT2D eigenvalue weighted by molar-refractivity contribution is 5.81. The van der Waals surface area contributed by atoms with Crippen LogP contribution in [0.5, 0.6) is 0 Å². The first-order valence-electron chi connectivity index (χ1n) is 12.2. The van der Waals surface area contributed by atoms with Crippen molar-refractivity contribution in [3.8, 4) is 6.07 Å². The van der Waals surface area contributed by atoms with E-state index < -0.39 is 30.1 Å². The van der Waals surface area contributed by atoms with E-state index in [4.69, 9.17) is 19.8 Å². The summed E-state index contributed by atoms with van der Waals surface area (Å²) < 4.78 is 11.6. The van der Waals surface area contributed by atoms with Gasteiger partial charge in [-0.1, -0.05) is 19.6 Å². The highest BCUT2D eigenvalue weighted by Crippen LogP contribution is 2.43. The van der Waals surface area contributed by atoms with E-state index >= 15 is 0 Å². The summed E-state index contributed by atoms with van der Waals surface area (Å²) in [4.78, 5) is 20.3. The van der Waals surface area contributed by atoms with Crippen LogP contribution in [-0.4, -0.2) is 89.3 Å². The molecule has 3 rings (SSSR count). The quantitative estimate of drug-likeness (QED) is 0.313. The maximum Gasteiger partial charge on any atom is 0.253 e. The molecular formula is C27H36N4O6. The number of aliphatic hydroxyl groups excluding tert-OH is 3. The molecule has 4 atom stereocenters. The van der Waals surface area contributed by atoms with Crippen LogP contribution in [0.3, 0.4) is 0 Å². The topological polar surface area (TPSA) is 139 Å². The van der Waals surface area contributed by atoms with Gasteiger partial charge < -0.3 is 34.6 Å². The molecular weight excluding hydrogens is 476 g/mol. The number of nitriles is 1. The molecule has 37 heavy (non-hydrogen) atoms. The number of carbonyl (C=O) groups excluding carboxylic acids is 1. The fourth-order valence-electron chi connectivity index (χ4n) is 4.71. The van der Waals surface area contributed by atoms with Crippen LogP contribution in [0, 0.1) is 22.7 Å². The first-order valence-corrected chi connectivity index (χ1v) is 12.2. The average molecular weight is 513 g/mol. The number of aliphatic hydroxyl groups is 3. The van der Waals surface area contributed by atoms with Crippen molar-refractivity contribution in [1.29, 1.82) is 5.26 Å². The Morgan fingerprint density at radius 1 is 1.35 bits per heavy atom. The standard InChI is InChI=1S/C27H36N4O6/c1-17(22-14-31(26(35)23(34)15-32)16-27(22,4)19(3)33)6-8-24(36-5)18(2)37-21-12-30(13-21)25-9-7-20(10-28)11-29-25/h6-9,11,19,21-23,32-34H,1,12-16H2,2-5H3/b8-6-,24-18-/t19-,22+,23+,27+/m1/s1. The maximum atomic E-state index is 12.5. The van der Waals surface area contributed by atoms with Gasteiger partial charge in [0.2, 0.25) is 0 Å². The summed E-state index contributed by atoms with van der Waals surface area (Å²) in [7, 11) is 1.55. The normalized spacial score (nSPS) is 24.2. The number of hydrogen-bond acceptors (Lipinski definition) is 9. The Balaban J connectivity index is 1.64. The summed E-state index contributed by atoms with van der Waals surface area (Å²) >= 11 is 0. The van der Waals surface area contributed by atoms with E-state index in [9.17, 15) is 15.0 Å². The van der Waals surface area contributed by atoms with Crippen molar-refractivity contribution in [1.82, 2.24) is 9.88 Å². The number of ether oxygens (including phenoxy) is 2. The Bertz CT molecular complexity index is 1090. The van der Waals surface area contributed by atoms with Gasteiger partial charge >= 0.3 is 0 Å². The molecule has 3 N–H and O–H groups in total. The minimum atomic E-state index is -1.49. The van der Waals surface area contributed by atoms with Crippen molar-refractivity contribution < 1.29 is 29.6 Å². The van der Waals surface area contributed by atoms with Gasteiger partial charge in [0, 0.05) is 30.6 Å². The predicted octanol–water partition coefficient (Wildman–Crippen LogP) is 1.35. The third-order valence-electron chi connectivity index (χ3n) is 7.31. The van der Waals surface area contributed by atoms with Crippen LogP contribution in [0.15, 0.2) is 54.2 Å². The zero-order valence-electron chi connectivity index (χ0n) is 21.8. The SMILES string of the molecule is C=C(/C=C\C(OC)=C(/C)OC1CN(c2ccc(C#N)cn2)C1)[C@@H]1CN(C(=O)[C@@H](O)CO)C[C@@]1(C)[C@@H](C)O. The average Bonchev–Trinajstić information content (AvgIpc) is 3.24. The Kier molecular flexibility index (Phi) is 8.97. The van der Waals surface area contributed by atoms with E-state index in [-0.39, 0.29) is 25.1 Å². The Morgan fingerprint density at radius 2 is 2.05 bits per heavy atom. The molecule has 3 heterocycles. The van der Waals surface area contributed by atoms with E-state index in [0.29, 0.717) is 35.7 Å². The molecule has 1 aromatic rings. The van der Waals surface area contributed by atoms with Crippen LogP contribution in [0.4, 0.5) is 5.82 Å². The molecule has 0 saturated carbocycles. The predicted molar refractivity (Wildman–Crippen MR) is 137 cm³/mol. The van der Waals surface area contributed by atoms with E-state index in [2.05, 4.69) is 22.5 Å². The molecule has 200 valence electrons. The van der Waals surface area contributed by atoms with Gasteiger partial charge in [-0.3, -0.25) is 4.79 Å². The molecule has 2 fully saturated rings. The molecule has 0 aromatic carbocycles. The number of methoxy groups -OCH3 is 1. The highest BCUT2D eigenvalue weighted by Gasteiger charge is 2.49. The molecule has 0 radical (unpaired) electrons. The van der Waals surface area contributed by atoms with Gasteiger partial charge in [-0.25, -0.2) is 4.98 Å². The van der Waals surface area contributed by atoms with E-state index in [1.54, 1.807) is 38.4 Å². The molecule has 0 unspecified atom stereocenters. The zero-order valence-corrected chi connectivity index (χ0v) is 21.8. The van der Waals surface area contributed by atoms with Gasteiger partial charge in [0.1, 0.15) is 23.8 Å². The lowest BCUT2D eigenvalue weighted by Gasteiger charge is -2.40. The Morgan fingerprint density at radius 3 is 2.59 bits per heavy atom. The molecule has 2 aliphatic rings.